The summed E-state index contributed by atoms with van der Waals surface area (Å²) in [4.78, 5) is 0. The van der Waals surface area contributed by atoms with Crippen LogP contribution in [0.5, 0.6) is 0 Å². The third-order valence-corrected chi connectivity index (χ3v) is 2.77. The zero-order valence-corrected chi connectivity index (χ0v) is 8.79. The van der Waals surface area contributed by atoms with Crippen LogP contribution in [-0.2, 0) is 0 Å². The predicted octanol–water partition coefficient (Wildman–Crippen LogP) is 4.80. The van der Waals surface area contributed by atoms with Crippen molar-refractivity contribution >= 4 is 45.6 Å². The second-order valence-electron chi connectivity index (χ2n) is 2.72. The van der Waals surface area contributed by atoms with Crippen LogP contribution in [-0.4, -0.2) is 0 Å². The molecule has 0 amide bonds. The molecule has 0 aliphatic carbocycles. The summed E-state index contributed by atoms with van der Waals surface area (Å²) in [7, 11) is 0. The van der Waals surface area contributed by atoms with Gasteiger partial charge in [0.25, 0.3) is 0 Å². The number of hydrogen-bond donors (Lipinski definition) is 0. The van der Waals surface area contributed by atoms with Crippen LogP contribution in [0.1, 0.15) is 0 Å². The smallest absolute Gasteiger partial charge is 0.0485 e. The van der Waals surface area contributed by atoms with Crippen LogP contribution in [0.3, 0.4) is 0 Å². The lowest BCUT2D eigenvalue weighted by atomic mass is 10.1. The van der Waals surface area contributed by atoms with E-state index in [0.29, 0.717) is 15.1 Å². The van der Waals surface area contributed by atoms with Crippen LogP contribution >= 0.6 is 34.8 Å². The largest absolute Gasteiger partial charge is 0.0843 e. The summed E-state index contributed by atoms with van der Waals surface area (Å²) in [6.07, 6.45) is 0. The molecule has 66 valence electrons. The number of halogens is 3. The molecule has 0 spiro atoms. The summed E-state index contributed by atoms with van der Waals surface area (Å²) in [6, 6.07) is 9.02. The van der Waals surface area contributed by atoms with E-state index in [1.807, 2.05) is 12.1 Å². The van der Waals surface area contributed by atoms with Gasteiger partial charge in [-0.05, 0) is 24.3 Å². The maximum atomic E-state index is 5.98. The summed E-state index contributed by atoms with van der Waals surface area (Å²) >= 11 is 17.8. The first-order valence-electron chi connectivity index (χ1n) is 3.72. The van der Waals surface area contributed by atoms with E-state index in [9.17, 15) is 0 Å². The highest BCUT2D eigenvalue weighted by molar-refractivity contribution is 6.41. The number of fused-ring (bicyclic) bond motifs is 1. The Labute approximate surface area is 91.0 Å². The Morgan fingerprint density at radius 2 is 1.31 bits per heavy atom. The third-order valence-electron chi connectivity index (χ3n) is 1.87. The number of rotatable bonds is 0. The highest BCUT2D eigenvalue weighted by atomic mass is 35.5. The minimum atomic E-state index is 0.664. The highest BCUT2D eigenvalue weighted by Crippen LogP contribution is 2.31. The van der Waals surface area contributed by atoms with Gasteiger partial charge in [-0.2, -0.15) is 0 Å². The van der Waals surface area contributed by atoms with Gasteiger partial charge in [0, 0.05) is 25.8 Å². The van der Waals surface area contributed by atoms with Crippen molar-refractivity contribution in [2.24, 2.45) is 0 Å². The summed E-state index contributed by atoms with van der Waals surface area (Å²) in [5.74, 6) is 0. The van der Waals surface area contributed by atoms with Gasteiger partial charge >= 0.3 is 0 Å². The van der Waals surface area contributed by atoms with E-state index in [0.717, 1.165) is 10.8 Å². The topological polar surface area (TPSA) is 0 Å². The normalized spacial score (nSPS) is 10.7. The fourth-order valence-electron chi connectivity index (χ4n) is 1.25. The first kappa shape index (κ1) is 9.14. The molecule has 0 aromatic heterocycles. The van der Waals surface area contributed by atoms with Crippen molar-refractivity contribution in [1.29, 1.82) is 0 Å². The first-order valence-corrected chi connectivity index (χ1v) is 4.85. The van der Waals surface area contributed by atoms with Crippen LogP contribution in [0.15, 0.2) is 30.3 Å². The maximum Gasteiger partial charge on any atom is 0.0485 e. The molecule has 0 unspecified atom stereocenters. The molecular weight excluding hydrogens is 226 g/mol. The molecule has 2 aromatic rings. The summed E-state index contributed by atoms with van der Waals surface area (Å²) in [5.41, 5.74) is 0. The molecule has 0 aliphatic rings. The maximum absolute atomic E-state index is 5.98. The van der Waals surface area contributed by atoms with Crippen LogP contribution in [0.25, 0.3) is 10.8 Å². The van der Waals surface area contributed by atoms with E-state index < -0.39 is 0 Å². The van der Waals surface area contributed by atoms with E-state index in [-0.39, 0.29) is 0 Å². The lowest BCUT2D eigenvalue weighted by molar-refractivity contribution is 1.74. The van der Waals surface area contributed by atoms with Crippen molar-refractivity contribution in [2.75, 3.05) is 0 Å². The molecular formula is C10H5Cl3. The Morgan fingerprint density at radius 1 is 0.692 bits per heavy atom. The van der Waals surface area contributed by atoms with Crippen molar-refractivity contribution < 1.29 is 0 Å². The molecule has 0 bridgehead atoms. The van der Waals surface area contributed by atoms with E-state index in [1.165, 1.54) is 0 Å². The second kappa shape index (κ2) is 3.38. The van der Waals surface area contributed by atoms with Gasteiger partial charge in [-0.3, -0.25) is 0 Å². The molecule has 2 rings (SSSR count). The van der Waals surface area contributed by atoms with Gasteiger partial charge in [0.2, 0.25) is 0 Å². The Balaban J connectivity index is 2.92. The monoisotopic (exact) mass is 230 g/mol. The van der Waals surface area contributed by atoms with E-state index in [2.05, 4.69) is 0 Å². The summed E-state index contributed by atoms with van der Waals surface area (Å²) in [6.45, 7) is 0. The summed E-state index contributed by atoms with van der Waals surface area (Å²) in [5, 5.41) is 3.84. The molecule has 0 nitrogen and oxygen atoms in total. The molecule has 0 saturated carbocycles. The van der Waals surface area contributed by atoms with Crippen LogP contribution in [0.4, 0.5) is 0 Å². The van der Waals surface area contributed by atoms with E-state index in [1.54, 1.807) is 18.2 Å². The zero-order valence-electron chi connectivity index (χ0n) is 6.52. The number of benzene rings is 2. The van der Waals surface area contributed by atoms with Crippen LogP contribution in [0, 0.1) is 0 Å². The molecule has 0 saturated heterocycles. The fraction of sp³-hybridized carbons (Fsp3) is 0. The molecule has 0 radical (unpaired) electrons. The SMILES string of the molecule is Clc1ccc2c(Cl)ccc(Cl)c2c1. The number of hydrogen-bond acceptors (Lipinski definition) is 0. The van der Waals surface area contributed by atoms with Gasteiger partial charge in [0.1, 0.15) is 0 Å². The quantitative estimate of drug-likeness (QED) is 0.611. The molecule has 13 heavy (non-hydrogen) atoms. The fourth-order valence-corrected chi connectivity index (χ4v) is 1.87. The van der Waals surface area contributed by atoms with Gasteiger partial charge in [-0.25, -0.2) is 0 Å². The van der Waals surface area contributed by atoms with Crippen molar-refractivity contribution in [1.82, 2.24) is 0 Å². The first-order chi connectivity index (χ1) is 6.18. The molecule has 0 heterocycles. The molecule has 2 aromatic carbocycles. The molecule has 0 fully saturated rings. The average Bonchev–Trinajstić information content (AvgIpc) is 2.12. The van der Waals surface area contributed by atoms with E-state index in [4.69, 9.17) is 34.8 Å². The van der Waals surface area contributed by atoms with Crippen molar-refractivity contribution in [3.8, 4) is 0 Å². The van der Waals surface area contributed by atoms with E-state index >= 15 is 0 Å². The van der Waals surface area contributed by atoms with Crippen molar-refractivity contribution in [3.05, 3.63) is 45.4 Å². The Hall–Kier alpha value is -0.430. The lowest BCUT2D eigenvalue weighted by Gasteiger charge is -2.02. The molecule has 0 aliphatic heterocycles. The Kier molecular flexibility index (Phi) is 2.37. The Morgan fingerprint density at radius 3 is 2.00 bits per heavy atom. The van der Waals surface area contributed by atoms with Gasteiger partial charge in [-0.1, -0.05) is 40.9 Å². The standard InChI is InChI=1S/C10H5Cl3/c11-6-1-2-7-8(5-6)10(13)4-3-9(7)12/h1-5H. The molecule has 3 heteroatoms. The van der Waals surface area contributed by atoms with Crippen LogP contribution in [0.2, 0.25) is 15.1 Å². The van der Waals surface area contributed by atoms with Crippen LogP contribution < -0.4 is 0 Å². The summed E-state index contributed by atoms with van der Waals surface area (Å²) < 4.78 is 0. The second-order valence-corrected chi connectivity index (χ2v) is 3.97. The third kappa shape index (κ3) is 1.62. The van der Waals surface area contributed by atoms with Gasteiger partial charge in [0.15, 0.2) is 0 Å². The average molecular weight is 232 g/mol. The highest BCUT2D eigenvalue weighted by Gasteiger charge is 2.02. The minimum absolute atomic E-state index is 0.664. The zero-order chi connectivity index (χ0) is 9.42. The van der Waals surface area contributed by atoms with Crippen molar-refractivity contribution in [3.63, 3.8) is 0 Å². The van der Waals surface area contributed by atoms with Gasteiger partial charge in [0.05, 0.1) is 0 Å². The Bertz CT molecular complexity index is 463. The van der Waals surface area contributed by atoms with Gasteiger partial charge in [-0.15, -0.1) is 0 Å². The lowest BCUT2D eigenvalue weighted by Crippen LogP contribution is -1.75. The van der Waals surface area contributed by atoms with Crippen molar-refractivity contribution in [2.45, 2.75) is 0 Å². The van der Waals surface area contributed by atoms with Gasteiger partial charge < -0.3 is 0 Å². The minimum Gasteiger partial charge on any atom is -0.0843 e. The predicted molar refractivity (Wildman–Crippen MR) is 59.0 cm³/mol. The molecule has 0 atom stereocenters. The molecule has 0 N–H and O–H groups in total.